The van der Waals surface area contributed by atoms with Crippen LogP contribution in [0, 0.1) is 0 Å². The van der Waals surface area contributed by atoms with Crippen LogP contribution in [0.3, 0.4) is 0 Å². The van der Waals surface area contributed by atoms with Crippen molar-refractivity contribution in [1.29, 1.82) is 0 Å². The summed E-state index contributed by atoms with van der Waals surface area (Å²) in [6, 6.07) is 1.05. The predicted octanol–water partition coefficient (Wildman–Crippen LogP) is 2.97. The highest BCUT2D eigenvalue weighted by atomic mass is 35.5. The van der Waals surface area contributed by atoms with Gasteiger partial charge in [0.25, 0.3) is 0 Å². The lowest BCUT2D eigenvalue weighted by Gasteiger charge is -2.29. The van der Waals surface area contributed by atoms with Crippen molar-refractivity contribution in [1.82, 2.24) is 0 Å². The van der Waals surface area contributed by atoms with Gasteiger partial charge in [0, 0.05) is 31.9 Å². The second-order valence-corrected chi connectivity index (χ2v) is 6.80. The first-order chi connectivity index (χ1) is 8.14. The van der Waals surface area contributed by atoms with Gasteiger partial charge in [-0.15, -0.1) is 12.4 Å². The van der Waals surface area contributed by atoms with Gasteiger partial charge in [-0.1, -0.05) is 13.3 Å². The van der Waals surface area contributed by atoms with E-state index in [1.54, 1.807) is 0 Å². The zero-order valence-electron chi connectivity index (χ0n) is 12.2. The Morgan fingerprint density at radius 2 is 1.33 bits per heavy atom. The molecule has 112 valence electrons. The van der Waals surface area contributed by atoms with E-state index in [1.807, 2.05) is 20.8 Å². The van der Waals surface area contributed by atoms with Crippen molar-refractivity contribution >= 4 is 21.2 Å². The highest BCUT2D eigenvalue weighted by molar-refractivity contribution is 6.60. The summed E-state index contributed by atoms with van der Waals surface area (Å²) >= 11 is 0. The molecule has 0 spiro atoms. The molecule has 0 aliphatic rings. The van der Waals surface area contributed by atoms with Crippen molar-refractivity contribution < 1.29 is 13.3 Å². The Kier molecular flexibility index (Phi) is 14.2. The lowest BCUT2D eigenvalue weighted by Crippen LogP contribution is -2.46. The SMILES string of the molecule is CCCC(N)CC[Si](OCC)(OCC)OCC.Cl. The Morgan fingerprint density at radius 1 is 0.889 bits per heavy atom. The molecule has 0 bridgehead atoms. The second kappa shape index (κ2) is 12.4. The number of hydrogen-bond acceptors (Lipinski definition) is 4. The summed E-state index contributed by atoms with van der Waals surface area (Å²) in [6.45, 7) is 9.99. The van der Waals surface area contributed by atoms with Crippen LogP contribution in [0.4, 0.5) is 0 Å². The molecule has 18 heavy (non-hydrogen) atoms. The fourth-order valence-electron chi connectivity index (χ4n) is 1.88. The van der Waals surface area contributed by atoms with Crippen molar-refractivity contribution in [3.05, 3.63) is 0 Å². The number of hydrogen-bond donors (Lipinski definition) is 1. The monoisotopic (exact) mass is 299 g/mol. The van der Waals surface area contributed by atoms with Crippen molar-refractivity contribution in [3.63, 3.8) is 0 Å². The molecule has 0 aliphatic carbocycles. The van der Waals surface area contributed by atoms with Crippen LogP contribution >= 0.6 is 12.4 Å². The van der Waals surface area contributed by atoms with E-state index in [2.05, 4.69) is 6.92 Å². The number of nitrogens with two attached hydrogens (primary N) is 1. The summed E-state index contributed by atoms with van der Waals surface area (Å²) in [6.07, 6.45) is 3.09. The molecule has 0 radical (unpaired) electrons. The van der Waals surface area contributed by atoms with Gasteiger partial charge in [-0.3, -0.25) is 0 Å². The van der Waals surface area contributed by atoms with Gasteiger partial charge in [-0.2, -0.15) is 0 Å². The van der Waals surface area contributed by atoms with Crippen molar-refractivity contribution in [2.45, 2.75) is 59.0 Å². The first-order valence-electron chi connectivity index (χ1n) is 6.81. The van der Waals surface area contributed by atoms with Crippen molar-refractivity contribution in [3.8, 4) is 0 Å². The molecule has 0 amide bonds. The van der Waals surface area contributed by atoms with E-state index in [4.69, 9.17) is 19.0 Å². The maximum atomic E-state index is 6.04. The lowest BCUT2D eigenvalue weighted by molar-refractivity contribution is 0.0702. The first kappa shape index (κ1) is 20.7. The van der Waals surface area contributed by atoms with Crippen molar-refractivity contribution in [2.75, 3.05) is 19.8 Å². The molecule has 0 aliphatic heterocycles. The molecule has 6 heteroatoms. The average Bonchev–Trinajstić information content (AvgIpc) is 2.28. The standard InChI is InChI=1S/C12H29NO3Si.ClH/c1-5-9-12(13)10-11-17(14-6-2,15-7-3)16-8-4;/h12H,5-11,13H2,1-4H3;1H. The number of rotatable bonds is 11. The van der Waals surface area contributed by atoms with E-state index >= 15 is 0 Å². The fourth-order valence-corrected chi connectivity index (χ4v) is 4.61. The fraction of sp³-hybridized carbons (Fsp3) is 1.00. The van der Waals surface area contributed by atoms with E-state index in [9.17, 15) is 0 Å². The van der Waals surface area contributed by atoms with E-state index in [0.717, 1.165) is 25.3 Å². The van der Waals surface area contributed by atoms with Crippen LogP contribution in [0.2, 0.25) is 6.04 Å². The van der Waals surface area contributed by atoms with Crippen LogP contribution in [-0.4, -0.2) is 34.7 Å². The molecule has 0 saturated carbocycles. The maximum absolute atomic E-state index is 6.04. The van der Waals surface area contributed by atoms with E-state index in [-0.39, 0.29) is 18.4 Å². The molecule has 0 heterocycles. The predicted molar refractivity (Wildman–Crippen MR) is 80.2 cm³/mol. The molecule has 2 N–H and O–H groups in total. The van der Waals surface area contributed by atoms with Gasteiger partial charge in [0.15, 0.2) is 0 Å². The Balaban J connectivity index is 0. The summed E-state index contributed by atoms with van der Waals surface area (Å²) in [5.41, 5.74) is 6.04. The van der Waals surface area contributed by atoms with Gasteiger partial charge in [0.05, 0.1) is 0 Å². The van der Waals surface area contributed by atoms with Gasteiger partial charge < -0.3 is 19.0 Å². The zero-order valence-corrected chi connectivity index (χ0v) is 14.1. The molecule has 0 aromatic heterocycles. The average molecular weight is 300 g/mol. The minimum atomic E-state index is -2.47. The minimum Gasteiger partial charge on any atom is -0.374 e. The largest absolute Gasteiger partial charge is 0.500 e. The van der Waals surface area contributed by atoms with E-state index < -0.39 is 8.80 Å². The third-order valence-corrected chi connectivity index (χ3v) is 5.66. The van der Waals surface area contributed by atoms with Crippen LogP contribution in [0.25, 0.3) is 0 Å². The summed E-state index contributed by atoms with van der Waals surface area (Å²) in [5.74, 6) is 0. The third kappa shape index (κ3) is 8.45. The summed E-state index contributed by atoms with van der Waals surface area (Å²) < 4.78 is 17.3. The summed E-state index contributed by atoms with van der Waals surface area (Å²) in [5, 5.41) is 0. The highest BCUT2D eigenvalue weighted by Crippen LogP contribution is 2.19. The molecular weight excluding hydrogens is 270 g/mol. The second-order valence-electron chi connectivity index (χ2n) is 4.07. The molecular formula is C12H30ClNO3Si. The summed E-state index contributed by atoms with van der Waals surface area (Å²) in [7, 11) is -2.47. The van der Waals surface area contributed by atoms with Crippen LogP contribution in [0.15, 0.2) is 0 Å². The maximum Gasteiger partial charge on any atom is 0.500 e. The Labute approximate surface area is 119 Å². The van der Waals surface area contributed by atoms with Crippen LogP contribution in [0.1, 0.15) is 47.0 Å². The molecule has 0 aromatic rings. The van der Waals surface area contributed by atoms with Crippen LogP contribution in [-0.2, 0) is 13.3 Å². The van der Waals surface area contributed by atoms with Gasteiger partial charge in [0.2, 0.25) is 0 Å². The van der Waals surface area contributed by atoms with Gasteiger partial charge in [0.1, 0.15) is 0 Å². The quantitative estimate of drug-likeness (QED) is 0.596. The van der Waals surface area contributed by atoms with Gasteiger partial charge >= 0.3 is 8.80 Å². The molecule has 0 aromatic carbocycles. The van der Waals surface area contributed by atoms with Crippen LogP contribution < -0.4 is 5.73 Å². The molecule has 0 rings (SSSR count). The molecule has 0 fully saturated rings. The summed E-state index contributed by atoms with van der Waals surface area (Å²) in [4.78, 5) is 0. The van der Waals surface area contributed by atoms with Crippen molar-refractivity contribution in [2.24, 2.45) is 5.73 Å². The highest BCUT2D eigenvalue weighted by Gasteiger charge is 2.40. The topological polar surface area (TPSA) is 53.7 Å². The van der Waals surface area contributed by atoms with E-state index in [0.29, 0.717) is 19.8 Å². The molecule has 4 nitrogen and oxygen atoms in total. The minimum absolute atomic E-state index is 0. The zero-order chi connectivity index (χ0) is 13.1. The Morgan fingerprint density at radius 3 is 1.67 bits per heavy atom. The molecule has 1 atom stereocenters. The lowest BCUT2D eigenvalue weighted by atomic mass is 10.1. The first-order valence-corrected chi connectivity index (χ1v) is 8.74. The van der Waals surface area contributed by atoms with E-state index in [1.165, 1.54) is 0 Å². The number of halogens is 1. The van der Waals surface area contributed by atoms with Gasteiger partial charge in [-0.25, -0.2) is 0 Å². The van der Waals surface area contributed by atoms with Crippen LogP contribution in [0.5, 0.6) is 0 Å². The Hall–Kier alpha value is 0.347. The Bertz CT molecular complexity index is 170. The normalized spacial score (nSPS) is 13.2. The third-order valence-electron chi connectivity index (χ3n) is 2.57. The smallest absolute Gasteiger partial charge is 0.374 e. The molecule has 0 saturated heterocycles. The molecule has 1 unspecified atom stereocenters. The van der Waals surface area contributed by atoms with Gasteiger partial charge in [-0.05, 0) is 33.6 Å².